The molecular formula is C26H50N2O9. The van der Waals surface area contributed by atoms with Crippen molar-refractivity contribution in [2.75, 3.05) is 79.2 Å². The molecule has 0 saturated heterocycles. The van der Waals surface area contributed by atoms with Gasteiger partial charge in [-0.1, -0.05) is 12.8 Å². The maximum absolute atomic E-state index is 11.6. The van der Waals surface area contributed by atoms with Gasteiger partial charge in [0.2, 0.25) is 0 Å². The Morgan fingerprint density at radius 3 is 1.65 bits per heavy atom. The molecule has 0 radical (unpaired) electrons. The Morgan fingerprint density at radius 2 is 1.14 bits per heavy atom. The van der Waals surface area contributed by atoms with Gasteiger partial charge >= 0.3 is 12.2 Å². The van der Waals surface area contributed by atoms with Gasteiger partial charge in [-0.15, -0.1) is 0 Å². The fourth-order valence-corrected chi connectivity index (χ4v) is 2.71. The van der Waals surface area contributed by atoms with Crippen LogP contribution in [-0.4, -0.2) is 97.4 Å². The van der Waals surface area contributed by atoms with Gasteiger partial charge in [0, 0.05) is 26.3 Å². The second-order valence-corrected chi connectivity index (χ2v) is 8.42. The van der Waals surface area contributed by atoms with E-state index in [-0.39, 0.29) is 12.7 Å². The maximum atomic E-state index is 11.6. The second-order valence-electron chi connectivity index (χ2n) is 8.42. The maximum Gasteiger partial charge on any atom is 0.412 e. The first-order valence-corrected chi connectivity index (χ1v) is 13.4. The summed E-state index contributed by atoms with van der Waals surface area (Å²) in [5, 5.41) is 5.41. The van der Waals surface area contributed by atoms with Crippen LogP contribution in [0, 0.1) is 0 Å². The highest BCUT2D eigenvalue weighted by Gasteiger charge is 2.03. The molecule has 37 heavy (non-hydrogen) atoms. The number of hydrogen-bond acceptors (Lipinski definition) is 9. The van der Waals surface area contributed by atoms with Crippen LogP contribution in [0.4, 0.5) is 9.59 Å². The zero-order valence-electron chi connectivity index (χ0n) is 23.3. The molecule has 11 nitrogen and oxygen atoms in total. The monoisotopic (exact) mass is 534 g/mol. The van der Waals surface area contributed by atoms with Crippen LogP contribution in [0.3, 0.4) is 0 Å². The quantitative estimate of drug-likeness (QED) is 0.133. The molecule has 0 fully saturated rings. The van der Waals surface area contributed by atoms with Crippen LogP contribution >= 0.6 is 0 Å². The van der Waals surface area contributed by atoms with Crippen LogP contribution in [0.5, 0.6) is 0 Å². The zero-order valence-corrected chi connectivity index (χ0v) is 23.3. The van der Waals surface area contributed by atoms with Crippen LogP contribution in [0.15, 0.2) is 11.8 Å². The molecule has 0 spiro atoms. The lowest BCUT2D eigenvalue weighted by molar-refractivity contribution is -0.00942. The molecule has 0 unspecified atom stereocenters. The van der Waals surface area contributed by atoms with E-state index in [4.69, 9.17) is 33.2 Å². The first kappa shape index (κ1) is 35.1. The predicted molar refractivity (Wildman–Crippen MR) is 141 cm³/mol. The molecule has 0 aliphatic heterocycles. The van der Waals surface area contributed by atoms with E-state index in [0.29, 0.717) is 78.3 Å². The van der Waals surface area contributed by atoms with E-state index in [0.717, 1.165) is 32.1 Å². The number of carbonyl (C=O) groups excluding carboxylic acids is 2. The van der Waals surface area contributed by atoms with E-state index < -0.39 is 12.2 Å². The van der Waals surface area contributed by atoms with Gasteiger partial charge in [0.05, 0.1) is 52.4 Å². The third-order valence-corrected chi connectivity index (χ3v) is 4.76. The van der Waals surface area contributed by atoms with E-state index in [1.165, 1.54) is 0 Å². The van der Waals surface area contributed by atoms with Gasteiger partial charge in [-0.2, -0.15) is 0 Å². The Bertz CT molecular complexity index is 574. The van der Waals surface area contributed by atoms with Gasteiger partial charge in [0.15, 0.2) is 0 Å². The Morgan fingerprint density at radius 1 is 0.649 bits per heavy atom. The number of unbranched alkanes of at least 4 members (excludes halogenated alkanes) is 3. The normalized spacial score (nSPS) is 11.5. The van der Waals surface area contributed by atoms with E-state index in [2.05, 4.69) is 10.6 Å². The summed E-state index contributed by atoms with van der Waals surface area (Å²) in [5.41, 5.74) is 0. The fourth-order valence-electron chi connectivity index (χ4n) is 2.71. The topological polar surface area (TPSA) is 123 Å². The number of rotatable bonds is 25. The van der Waals surface area contributed by atoms with Crippen molar-refractivity contribution in [3.63, 3.8) is 0 Å². The summed E-state index contributed by atoms with van der Waals surface area (Å²) in [5.74, 6) is 0.574. The number of ether oxygens (including phenoxy) is 7. The van der Waals surface area contributed by atoms with Crippen molar-refractivity contribution in [2.24, 2.45) is 0 Å². The van der Waals surface area contributed by atoms with Crippen molar-refractivity contribution in [1.82, 2.24) is 10.6 Å². The summed E-state index contributed by atoms with van der Waals surface area (Å²) in [7, 11) is 0. The average molecular weight is 535 g/mol. The summed E-state index contributed by atoms with van der Waals surface area (Å²) < 4.78 is 37.2. The molecule has 2 amide bonds. The van der Waals surface area contributed by atoms with E-state index in [1.54, 1.807) is 13.0 Å². The predicted octanol–water partition coefficient (Wildman–Crippen LogP) is 3.80. The number of hydrogen-bond donors (Lipinski definition) is 2. The lowest BCUT2D eigenvalue weighted by Gasteiger charge is -2.09. The molecule has 218 valence electrons. The van der Waals surface area contributed by atoms with Crippen molar-refractivity contribution in [2.45, 2.75) is 65.9 Å². The van der Waals surface area contributed by atoms with Crippen LogP contribution in [0.2, 0.25) is 0 Å². The highest BCUT2D eigenvalue weighted by atomic mass is 16.6. The number of alkyl carbamates (subject to hydrolysis) is 2. The van der Waals surface area contributed by atoms with Gasteiger partial charge in [0.25, 0.3) is 0 Å². The van der Waals surface area contributed by atoms with E-state index >= 15 is 0 Å². The Labute approximate surface area is 222 Å². The number of amides is 2. The molecule has 0 atom stereocenters. The minimum Gasteiger partial charge on any atom is -0.447 e. The van der Waals surface area contributed by atoms with Crippen molar-refractivity contribution < 1.29 is 42.7 Å². The SMILES string of the molecule is C/C=C(\C)OC(=O)NCCCCCCNC(=O)OCCOCCOCCOCCOCCCOC(C)C. The number of allylic oxidation sites excluding steroid dienone is 2. The summed E-state index contributed by atoms with van der Waals surface area (Å²) in [4.78, 5) is 23.1. The summed E-state index contributed by atoms with van der Waals surface area (Å²) in [6.07, 6.45) is 5.58. The van der Waals surface area contributed by atoms with Crippen LogP contribution in [0.1, 0.15) is 59.8 Å². The molecular weight excluding hydrogens is 484 g/mol. The molecule has 0 rings (SSSR count). The molecule has 0 aliphatic carbocycles. The van der Waals surface area contributed by atoms with Crippen LogP contribution < -0.4 is 10.6 Å². The lowest BCUT2D eigenvalue weighted by Crippen LogP contribution is -2.27. The minimum absolute atomic E-state index is 0.188. The van der Waals surface area contributed by atoms with Gasteiger partial charge in [-0.3, -0.25) is 0 Å². The number of carbonyl (C=O) groups is 2. The average Bonchev–Trinajstić information content (AvgIpc) is 2.87. The lowest BCUT2D eigenvalue weighted by atomic mass is 10.2. The van der Waals surface area contributed by atoms with E-state index in [9.17, 15) is 9.59 Å². The van der Waals surface area contributed by atoms with E-state index in [1.807, 2.05) is 20.8 Å². The molecule has 0 aromatic rings. The first-order valence-electron chi connectivity index (χ1n) is 13.4. The second kappa shape index (κ2) is 27.1. The standard InChI is InChI=1S/C26H50N2O9/c1-5-24(4)37-26(30)28-12-9-7-6-8-11-27-25(29)36-22-21-34-20-19-33-18-17-32-16-15-31-13-10-14-35-23(2)3/h5,23H,6-22H2,1-4H3,(H,27,29)(H,28,30)/b24-5+. The van der Waals surface area contributed by atoms with Crippen LogP contribution in [-0.2, 0) is 33.2 Å². The van der Waals surface area contributed by atoms with Crippen molar-refractivity contribution in [3.05, 3.63) is 11.8 Å². The first-order chi connectivity index (χ1) is 18.0. The fraction of sp³-hybridized carbons (Fsp3) is 0.846. The molecule has 0 aromatic carbocycles. The molecule has 0 saturated carbocycles. The summed E-state index contributed by atoms with van der Waals surface area (Å²) in [6.45, 7) is 13.5. The van der Waals surface area contributed by atoms with Gasteiger partial charge in [-0.25, -0.2) is 9.59 Å². The summed E-state index contributed by atoms with van der Waals surface area (Å²) >= 11 is 0. The zero-order chi connectivity index (χ0) is 27.4. The Kier molecular flexibility index (Phi) is 25.7. The third kappa shape index (κ3) is 28.5. The summed E-state index contributed by atoms with van der Waals surface area (Å²) in [6, 6.07) is 0. The molecule has 2 N–H and O–H groups in total. The Balaban J connectivity index is 3.24. The molecule has 0 heterocycles. The molecule has 0 bridgehead atoms. The van der Waals surface area contributed by atoms with Crippen molar-refractivity contribution in [3.8, 4) is 0 Å². The third-order valence-electron chi connectivity index (χ3n) is 4.76. The smallest absolute Gasteiger partial charge is 0.412 e. The van der Waals surface area contributed by atoms with Crippen LogP contribution in [0.25, 0.3) is 0 Å². The highest BCUT2D eigenvalue weighted by Crippen LogP contribution is 1.99. The highest BCUT2D eigenvalue weighted by molar-refractivity contribution is 5.68. The van der Waals surface area contributed by atoms with Crippen molar-refractivity contribution >= 4 is 12.2 Å². The molecule has 0 aromatic heterocycles. The Hall–Kier alpha value is -1.92. The minimum atomic E-state index is -0.450. The van der Waals surface area contributed by atoms with Gasteiger partial charge in [0.1, 0.15) is 12.4 Å². The molecule has 0 aliphatic rings. The van der Waals surface area contributed by atoms with Gasteiger partial charge in [-0.05, 0) is 53.0 Å². The van der Waals surface area contributed by atoms with Crippen molar-refractivity contribution in [1.29, 1.82) is 0 Å². The largest absolute Gasteiger partial charge is 0.447 e. The number of nitrogens with one attached hydrogen (secondary N) is 2. The van der Waals surface area contributed by atoms with Gasteiger partial charge < -0.3 is 43.8 Å². The molecule has 11 heteroatoms.